The molecule has 0 radical (unpaired) electrons. The molecule has 0 amide bonds. The number of hydrogen-bond acceptors (Lipinski definition) is 1. The van der Waals surface area contributed by atoms with Crippen molar-refractivity contribution < 1.29 is 4.39 Å². The molecule has 138 valence electrons. The van der Waals surface area contributed by atoms with Crippen LogP contribution < -0.4 is 5.56 Å². The lowest BCUT2D eigenvalue weighted by Gasteiger charge is -2.23. The highest BCUT2D eigenvalue weighted by atomic mass is 19.1. The van der Waals surface area contributed by atoms with Gasteiger partial charge in [0.25, 0.3) is 5.56 Å². The average molecular weight is 370 g/mol. The molecule has 1 aliphatic rings. The van der Waals surface area contributed by atoms with Crippen LogP contribution in [-0.2, 0) is 6.42 Å². The first-order valence-corrected chi connectivity index (χ1v) is 9.40. The van der Waals surface area contributed by atoms with Crippen LogP contribution in [0.25, 0.3) is 16.8 Å². The maximum atomic E-state index is 13.4. The number of H-pyrrole nitrogens is 2. The van der Waals surface area contributed by atoms with E-state index in [0.29, 0.717) is 0 Å². The van der Waals surface area contributed by atoms with Crippen molar-refractivity contribution in [1.29, 1.82) is 0 Å². The number of allylic oxidation sites excluding steroid dienone is 1. The Kier molecular flexibility index (Phi) is 3.97. The highest BCUT2D eigenvalue weighted by Crippen LogP contribution is 2.37. The standard InChI is InChI=1S/C24H19FN2O/c25-20-9-7-18(8-10-20)21-13-16(14-22-23(21)24(28)27-26-22)11-15-5-6-17-3-1-2-4-19(17)12-15/h1-10,12,14,21H,11,13H2,(H2,26,27,28). The van der Waals surface area contributed by atoms with E-state index in [1.807, 2.05) is 12.1 Å². The summed E-state index contributed by atoms with van der Waals surface area (Å²) in [5.41, 5.74) is 4.88. The molecule has 0 saturated carbocycles. The van der Waals surface area contributed by atoms with Gasteiger partial charge in [0.05, 0.1) is 11.3 Å². The predicted molar refractivity (Wildman–Crippen MR) is 110 cm³/mol. The van der Waals surface area contributed by atoms with Crippen molar-refractivity contribution in [3.63, 3.8) is 0 Å². The third-order valence-corrected chi connectivity index (χ3v) is 5.53. The minimum atomic E-state index is -0.269. The molecule has 0 saturated heterocycles. The Bertz CT molecular complexity index is 1250. The van der Waals surface area contributed by atoms with Gasteiger partial charge in [0, 0.05) is 5.92 Å². The van der Waals surface area contributed by atoms with E-state index in [2.05, 4.69) is 46.6 Å². The number of benzene rings is 3. The van der Waals surface area contributed by atoms with Crippen molar-refractivity contribution in [3.05, 3.63) is 111 Å². The number of aromatic nitrogens is 2. The van der Waals surface area contributed by atoms with Gasteiger partial charge in [-0.3, -0.25) is 15.0 Å². The van der Waals surface area contributed by atoms with Crippen LogP contribution in [0.15, 0.2) is 77.1 Å². The van der Waals surface area contributed by atoms with E-state index in [0.717, 1.165) is 29.7 Å². The summed E-state index contributed by atoms with van der Waals surface area (Å²) in [7, 11) is 0. The molecule has 4 heteroatoms. The van der Waals surface area contributed by atoms with E-state index >= 15 is 0 Å². The quantitative estimate of drug-likeness (QED) is 0.514. The van der Waals surface area contributed by atoms with Crippen molar-refractivity contribution in [3.8, 4) is 0 Å². The Balaban J connectivity index is 1.52. The van der Waals surface area contributed by atoms with Crippen molar-refractivity contribution in [2.24, 2.45) is 0 Å². The van der Waals surface area contributed by atoms with Crippen LogP contribution in [0.2, 0.25) is 0 Å². The fourth-order valence-electron chi connectivity index (χ4n) is 4.18. The Hall–Kier alpha value is -3.40. The summed E-state index contributed by atoms with van der Waals surface area (Å²) in [5.74, 6) is -0.347. The smallest absolute Gasteiger partial charge is 0.268 e. The molecule has 2 N–H and O–H groups in total. The average Bonchev–Trinajstić information content (AvgIpc) is 3.09. The lowest BCUT2D eigenvalue weighted by molar-refractivity contribution is 0.625. The molecule has 1 heterocycles. The summed E-state index contributed by atoms with van der Waals surface area (Å²) in [4.78, 5) is 12.3. The van der Waals surface area contributed by atoms with Gasteiger partial charge in [-0.25, -0.2) is 4.39 Å². The van der Waals surface area contributed by atoms with Gasteiger partial charge in [0.1, 0.15) is 5.82 Å². The third-order valence-electron chi connectivity index (χ3n) is 5.53. The van der Waals surface area contributed by atoms with Crippen LogP contribution in [0.4, 0.5) is 4.39 Å². The molecule has 3 aromatic carbocycles. The third kappa shape index (κ3) is 2.97. The van der Waals surface area contributed by atoms with Crippen molar-refractivity contribution in [2.75, 3.05) is 0 Å². The molecule has 4 aromatic rings. The Labute approximate surface area is 161 Å². The van der Waals surface area contributed by atoms with E-state index < -0.39 is 0 Å². The van der Waals surface area contributed by atoms with E-state index in [-0.39, 0.29) is 17.3 Å². The van der Waals surface area contributed by atoms with Gasteiger partial charge in [-0.05, 0) is 52.9 Å². The van der Waals surface area contributed by atoms with Gasteiger partial charge >= 0.3 is 0 Å². The summed E-state index contributed by atoms with van der Waals surface area (Å²) >= 11 is 0. The molecule has 0 aliphatic heterocycles. The van der Waals surface area contributed by atoms with E-state index in [9.17, 15) is 9.18 Å². The maximum absolute atomic E-state index is 13.4. The summed E-state index contributed by atoms with van der Waals surface area (Å²) in [6.45, 7) is 0. The van der Waals surface area contributed by atoms with E-state index in [1.165, 1.54) is 34.0 Å². The number of aromatic amines is 2. The zero-order chi connectivity index (χ0) is 19.1. The first-order chi connectivity index (χ1) is 13.7. The van der Waals surface area contributed by atoms with Gasteiger partial charge in [0.2, 0.25) is 0 Å². The molecule has 1 aromatic heterocycles. The predicted octanol–water partition coefficient (Wildman–Crippen LogP) is 5.16. The van der Waals surface area contributed by atoms with Gasteiger partial charge in [0.15, 0.2) is 0 Å². The van der Waals surface area contributed by atoms with Gasteiger partial charge in [-0.2, -0.15) is 0 Å². The summed E-state index contributed by atoms with van der Waals surface area (Å²) in [5, 5.41) is 8.15. The highest BCUT2D eigenvalue weighted by molar-refractivity contribution is 5.83. The molecule has 28 heavy (non-hydrogen) atoms. The number of hydrogen-bond donors (Lipinski definition) is 2. The second-order valence-corrected chi connectivity index (χ2v) is 7.38. The van der Waals surface area contributed by atoms with Crippen LogP contribution in [0.3, 0.4) is 0 Å². The topological polar surface area (TPSA) is 48.6 Å². The molecule has 0 bridgehead atoms. The number of nitrogens with one attached hydrogen (secondary N) is 2. The SMILES string of the molecule is O=c1[nH][nH]c2c1C(c1ccc(F)cc1)CC(Cc1ccc3ccccc3c1)=C2. The lowest BCUT2D eigenvalue weighted by Crippen LogP contribution is -2.17. The molecule has 0 spiro atoms. The Morgan fingerprint density at radius 2 is 1.71 bits per heavy atom. The largest absolute Gasteiger partial charge is 0.298 e. The lowest BCUT2D eigenvalue weighted by atomic mass is 9.80. The summed E-state index contributed by atoms with van der Waals surface area (Å²) in [6.07, 6.45) is 3.63. The number of halogens is 1. The summed E-state index contributed by atoms with van der Waals surface area (Å²) < 4.78 is 13.4. The fourth-order valence-corrected chi connectivity index (χ4v) is 4.18. The first kappa shape index (κ1) is 16.8. The Morgan fingerprint density at radius 3 is 2.54 bits per heavy atom. The molecular weight excluding hydrogens is 351 g/mol. The normalized spacial score (nSPS) is 16.0. The molecule has 1 atom stereocenters. The van der Waals surface area contributed by atoms with Crippen molar-refractivity contribution in [2.45, 2.75) is 18.8 Å². The molecular formula is C24H19FN2O. The zero-order valence-electron chi connectivity index (χ0n) is 15.2. The van der Waals surface area contributed by atoms with Crippen molar-refractivity contribution >= 4 is 16.8 Å². The zero-order valence-corrected chi connectivity index (χ0v) is 15.2. The van der Waals surface area contributed by atoms with Crippen LogP contribution in [0.1, 0.15) is 34.7 Å². The number of fused-ring (bicyclic) bond motifs is 2. The maximum Gasteiger partial charge on any atom is 0.268 e. The van der Waals surface area contributed by atoms with E-state index in [1.54, 1.807) is 12.1 Å². The first-order valence-electron chi connectivity index (χ1n) is 9.40. The second kappa shape index (κ2) is 6.64. The van der Waals surface area contributed by atoms with Crippen LogP contribution in [0, 0.1) is 5.82 Å². The molecule has 1 unspecified atom stereocenters. The van der Waals surface area contributed by atoms with Gasteiger partial charge in [-0.1, -0.05) is 60.2 Å². The second-order valence-electron chi connectivity index (χ2n) is 7.38. The summed E-state index contributed by atoms with van der Waals surface area (Å²) in [6, 6.07) is 21.3. The molecule has 3 nitrogen and oxygen atoms in total. The van der Waals surface area contributed by atoms with E-state index in [4.69, 9.17) is 0 Å². The van der Waals surface area contributed by atoms with Gasteiger partial charge in [-0.15, -0.1) is 0 Å². The van der Waals surface area contributed by atoms with Gasteiger partial charge < -0.3 is 0 Å². The number of rotatable bonds is 3. The van der Waals surface area contributed by atoms with Crippen LogP contribution in [0.5, 0.6) is 0 Å². The monoisotopic (exact) mass is 370 g/mol. The molecule has 1 aliphatic carbocycles. The van der Waals surface area contributed by atoms with Crippen molar-refractivity contribution in [1.82, 2.24) is 10.2 Å². The minimum Gasteiger partial charge on any atom is -0.298 e. The molecule has 0 fully saturated rings. The molecule has 5 rings (SSSR count). The minimum absolute atomic E-state index is 0.0777. The fraction of sp³-hybridized carbons (Fsp3) is 0.125. The van der Waals surface area contributed by atoms with Crippen LogP contribution in [-0.4, -0.2) is 10.2 Å². The highest BCUT2D eigenvalue weighted by Gasteiger charge is 2.27. The Morgan fingerprint density at radius 1 is 0.929 bits per heavy atom. The van der Waals surface area contributed by atoms with Crippen LogP contribution >= 0.6 is 0 Å².